The SMILES string of the molecule is CC(C)(C)OC=O.CCOC(=O)c1coc(N2CCCCC2)n1. The molecule has 1 aliphatic heterocycles. The number of piperidine rings is 1. The minimum Gasteiger partial charge on any atom is -0.462 e. The first-order valence-electron chi connectivity index (χ1n) is 7.86. The molecule has 0 bridgehead atoms. The van der Waals surface area contributed by atoms with Crippen molar-refractivity contribution < 1.29 is 23.5 Å². The first-order chi connectivity index (χ1) is 10.9. The Labute approximate surface area is 136 Å². The summed E-state index contributed by atoms with van der Waals surface area (Å²) in [5.41, 5.74) is -0.0655. The molecule has 0 amide bonds. The van der Waals surface area contributed by atoms with Gasteiger partial charge in [-0.2, -0.15) is 4.98 Å². The summed E-state index contributed by atoms with van der Waals surface area (Å²) >= 11 is 0. The van der Waals surface area contributed by atoms with E-state index in [4.69, 9.17) is 9.15 Å². The van der Waals surface area contributed by atoms with E-state index in [1.165, 1.54) is 12.7 Å². The predicted molar refractivity (Wildman–Crippen MR) is 85.4 cm³/mol. The summed E-state index contributed by atoms with van der Waals surface area (Å²) < 4.78 is 14.7. The molecule has 0 radical (unpaired) electrons. The molecule has 0 aromatic carbocycles. The molecule has 23 heavy (non-hydrogen) atoms. The smallest absolute Gasteiger partial charge is 0.360 e. The molecule has 1 aromatic heterocycles. The highest BCUT2D eigenvalue weighted by Gasteiger charge is 2.19. The molecule has 0 unspecified atom stereocenters. The Morgan fingerprint density at radius 1 is 1.35 bits per heavy atom. The molecule has 130 valence electrons. The van der Waals surface area contributed by atoms with Crippen LogP contribution in [0.3, 0.4) is 0 Å². The van der Waals surface area contributed by atoms with Crippen molar-refractivity contribution in [3.05, 3.63) is 12.0 Å². The number of ether oxygens (including phenoxy) is 2. The van der Waals surface area contributed by atoms with E-state index >= 15 is 0 Å². The van der Waals surface area contributed by atoms with Crippen LogP contribution in [0.15, 0.2) is 10.7 Å². The van der Waals surface area contributed by atoms with Crippen LogP contribution in [0.4, 0.5) is 6.01 Å². The molecule has 7 heteroatoms. The summed E-state index contributed by atoms with van der Waals surface area (Å²) in [7, 11) is 0. The van der Waals surface area contributed by atoms with Crippen molar-refractivity contribution in [1.29, 1.82) is 0 Å². The number of hydrogen-bond acceptors (Lipinski definition) is 7. The van der Waals surface area contributed by atoms with Crippen molar-refractivity contribution in [2.45, 2.75) is 52.6 Å². The van der Waals surface area contributed by atoms with Crippen LogP contribution in [-0.4, -0.2) is 42.7 Å². The number of anilines is 1. The van der Waals surface area contributed by atoms with Gasteiger partial charge in [0.1, 0.15) is 11.9 Å². The van der Waals surface area contributed by atoms with E-state index in [2.05, 4.69) is 14.6 Å². The largest absolute Gasteiger partial charge is 0.462 e. The average molecular weight is 326 g/mol. The highest BCUT2D eigenvalue weighted by atomic mass is 16.5. The van der Waals surface area contributed by atoms with Crippen LogP contribution in [0.25, 0.3) is 0 Å². The van der Waals surface area contributed by atoms with Gasteiger partial charge in [-0.15, -0.1) is 0 Å². The number of rotatable bonds is 4. The molecule has 0 aliphatic carbocycles. The van der Waals surface area contributed by atoms with E-state index in [1.54, 1.807) is 6.92 Å². The number of carbonyl (C=O) groups is 2. The number of nitrogens with zero attached hydrogens (tertiary/aromatic N) is 2. The topological polar surface area (TPSA) is 81.9 Å². The molecular formula is C16H26N2O5. The molecule has 1 aliphatic rings. The zero-order chi connectivity index (χ0) is 17.3. The summed E-state index contributed by atoms with van der Waals surface area (Å²) in [6.45, 7) is 9.93. The van der Waals surface area contributed by atoms with Crippen LogP contribution in [0.2, 0.25) is 0 Å². The Morgan fingerprint density at radius 3 is 2.48 bits per heavy atom. The molecule has 1 saturated heterocycles. The van der Waals surface area contributed by atoms with Gasteiger partial charge in [0, 0.05) is 13.1 Å². The summed E-state index contributed by atoms with van der Waals surface area (Å²) in [6, 6.07) is 0.530. The summed E-state index contributed by atoms with van der Waals surface area (Å²) in [5.74, 6) is -0.422. The van der Waals surface area contributed by atoms with Gasteiger partial charge in [-0.1, -0.05) is 0 Å². The molecule has 0 N–H and O–H groups in total. The van der Waals surface area contributed by atoms with E-state index in [0.717, 1.165) is 25.9 Å². The first kappa shape index (κ1) is 19.0. The molecular weight excluding hydrogens is 300 g/mol. The molecule has 2 heterocycles. The highest BCUT2D eigenvalue weighted by molar-refractivity contribution is 5.87. The lowest BCUT2D eigenvalue weighted by Gasteiger charge is -2.24. The molecule has 1 aromatic rings. The average Bonchev–Trinajstić information content (AvgIpc) is 2.98. The van der Waals surface area contributed by atoms with Crippen molar-refractivity contribution >= 4 is 18.5 Å². The minimum atomic E-state index is -0.422. The maximum Gasteiger partial charge on any atom is 0.360 e. The Balaban J connectivity index is 0.000000322. The fourth-order valence-corrected chi connectivity index (χ4v) is 1.94. The molecule has 1 fully saturated rings. The maximum absolute atomic E-state index is 11.4. The van der Waals surface area contributed by atoms with Crippen LogP contribution in [0, 0.1) is 0 Å². The second-order valence-electron chi connectivity index (χ2n) is 6.11. The molecule has 2 rings (SSSR count). The van der Waals surface area contributed by atoms with Crippen LogP contribution in [-0.2, 0) is 14.3 Å². The number of hydrogen-bond donors (Lipinski definition) is 0. The van der Waals surface area contributed by atoms with Gasteiger partial charge in [0.05, 0.1) is 6.61 Å². The van der Waals surface area contributed by atoms with E-state index in [9.17, 15) is 9.59 Å². The van der Waals surface area contributed by atoms with Crippen LogP contribution >= 0.6 is 0 Å². The van der Waals surface area contributed by atoms with Gasteiger partial charge in [-0.25, -0.2) is 4.79 Å². The second-order valence-corrected chi connectivity index (χ2v) is 6.11. The Kier molecular flexibility index (Phi) is 7.57. The number of aromatic nitrogens is 1. The van der Waals surface area contributed by atoms with Crippen molar-refractivity contribution in [1.82, 2.24) is 4.98 Å². The monoisotopic (exact) mass is 326 g/mol. The summed E-state index contributed by atoms with van der Waals surface area (Å²) in [6.07, 6.45) is 4.91. The van der Waals surface area contributed by atoms with E-state index < -0.39 is 5.97 Å². The van der Waals surface area contributed by atoms with Gasteiger partial charge in [-0.05, 0) is 47.0 Å². The zero-order valence-corrected chi connectivity index (χ0v) is 14.3. The standard InChI is InChI=1S/C11H16N2O3.C5H10O2/c1-2-15-10(14)9-8-16-11(12-9)13-6-4-3-5-7-13;1-5(2,3)7-4-6/h8H,2-7H2,1H3;4H,1-3H3. The van der Waals surface area contributed by atoms with E-state index in [0.29, 0.717) is 19.1 Å². The fraction of sp³-hybridized carbons (Fsp3) is 0.688. The molecule has 0 atom stereocenters. The molecule has 0 spiro atoms. The van der Waals surface area contributed by atoms with Crippen LogP contribution in [0.1, 0.15) is 57.4 Å². The first-order valence-corrected chi connectivity index (χ1v) is 7.86. The Morgan fingerprint density at radius 2 is 2.00 bits per heavy atom. The van der Waals surface area contributed by atoms with Crippen molar-refractivity contribution in [3.63, 3.8) is 0 Å². The van der Waals surface area contributed by atoms with Gasteiger partial charge < -0.3 is 18.8 Å². The summed E-state index contributed by atoms with van der Waals surface area (Å²) in [4.78, 5) is 27.2. The summed E-state index contributed by atoms with van der Waals surface area (Å²) in [5, 5.41) is 0. The quantitative estimate of drug-likeness (QED) is 0.621. The van der Waals surface area contributed by atoms with Gasteiger partial charge in [0.2, 0.25) is 0 Å². The number of esters is 1. The third kappa shape index (κ3) is 7.17. The van der Waals surface area contributed by atoms with Crippen LogP contribution < -0.4 is 4.90 Å². The van der Waals surface area contributed by atoms with Crippen molar-refractivity contribution in [2.24, 2.45) is 0 Å². The normalized spacial score (nSPS) is 14.5. The third-order valence-electron chi connectivity index (χ3n) is 3.00. The van der Waals surface area contributed by atoms with Crippen molar-refractivity contribution in [2.75, 3.05) is 24.6 Å². The highest BCUT2D eigenvalue weighted by Crippen LogP contribution is 2.19. The lowest BCUT2D eigenvalue weighted by Crippen LogP contribution is -2.29. The lowest BCUT2D eigenvalue weighted by molar-refractivity contribution is -0.138. The minimum absolute atomic E-state index is 0.252. The maximum atomic E-state index is 11.4. The van der Waals surface area contributed by atoms with Crippen LogP contribution in [0.5, 0.6) is 0 Å². The Bertz CT molecular complexity index is 487. The zero-order valence-electron chi connectivity index (χ0n) is 14.3. The van der Waals surface area contributed by atoms with E-state index in [1.807, 2.05) is 20.8 Å². The lowest BCUT2D eigenvalue weighted by atomic mass is 10.1. The van der Waals surface area contributed by atoms with Gasteiger partial charge in [0.15, 0.2) is 5.69 Å². The number of oxazole rings is 1. The number of carbonyl (C=O) groups excluding carboxylic acids is 2. The van der Waals surface area contributed by atoms with Gasteiger partial charge in [0.25, 0.3) is 12.5 Å². The van der Waals surface area contributed by atoms with Gasteiger partial charge in [-0.3, -0.25) is 4.79 Å². The predicted octanol–water partition coefficient (Wildman–Crippen LogP) is 2.80. The fourth-order valence-electron chi connectivity index (χ4n) is 1.94. The molecule has 7 nitrogen and oxygen atoms in total. The Hall–Kier alpha value is -2.05. The molecule has 0 saturated carbocycles. The van der Waals surface area contributed by atoms with Crippen molar-refractivity contribution in [3.8, 4) is 0 Å². The van der Waals surface area contributed by atoms with Gasteiger partial charge >= 0.3 is 5.97 Å². The third-order valence-corrected chi connectivity index (χ3v) is 3.00. The second kappa shape index (κ2) is 9.17. The van der Waals surface area contributed by atoms with E-state index in [-0.39, 0.29) is 11.3 Å².